The zero-order chi connectivity index (χ0) is 21.5. The van der Waals surface area contributed by atoms with Crippen molar-refractivity contribution in [1.82, 2.24) is 0 Å². The number of fused-ring (bicyclic) bond motifs is 4. The zero-order valence-electron chi connectivity index (χ0n) is 20.2. The van der Waals surface area contributed by atoms with E-state index in [0.717, 1.165) is 24.2 Å². The monoisotopic (exact) mass is 410 g/mol. The van der Waals surface area contributed by atoms with Crippen LogP contribution in [0.1, 0.15) is 98.3 Å². The summed E-state index contributed by atoms with van der Waals surface area (Å²) in [6.45, 7) is 14.2. The van der Waals surface area contributed by atoms with E-state index < -0.39 is 0 Å². The second-order valence-electron chi connectivity index (χ2n) is 11.9. The fourth-order valence-corrected chi connectivity index (χ4v) is 8.49. The summed E-state index contributed by atoms with van der Waals surface area (Å²) in [5.41, 5.74) is 6.07. The molecule has 0 spiro atoms. The minimum Gasteiger partial charge on any atom is -0.396 e. The maximum Gasteiger partial charge on any atom is 0.0439 e. The minimum atomic E-state index is 0.246. The van der Waals surface area contributed by atoms with Gasteiger partial charge in [-0.15, -0.1) is 0 Å². The summed E-state index contributed by atoms with van der Waals surface area (Å²) in [4.78, 5) is 0. The molecular weight excluding hydrogens is 364 g/mol. The van der Waals surface area contributed by atoms with E-state index in [1.165, 1.54) is 69.8 Å². The topological polar surface area (TPSA) is 20.2 Å². The maximum absolute atomic E-state index is 9.39. The van der Waals surface area contributed by atoms with Gasteiger partial charge in [0.1, 0.15) is 0 Å². The van der Waals surface area contributed by atoms with Gasteiger partial charge in [0.15, 0.2) is 0 Å². The second kappa shape index (κ2) is 8.61. The molecular formula is C29H46O. The number of aliphatic hydroxyl groups is 1. The molecule has 4 rings (SSSR count). The third-order valence-corrected chi connectivity index (χ3v) is 10.3. The van der Waals surface area contributed by atoms with E-state index in [-0.39, 0.29) is 6.61 Å². The molecule has 30 heavy (non-hydrogen) atoms. The lowest BCUT2D eigenvalue weighted by atomic mass is 9.51. The van der Waals surface area contributed by atoms with E-state index in [1.807, 2.05) is 11.1 Å². The fourth-order valence-electron chi connectivity index (χ4n) is 8.49. The van der Waals surface area contributed by atoms with Gasteiger partial charge in [-0.2, -0.15) is 0 Å². The molecule has 0 aromatic carbocycles. The normalized spacial score (nSPS) is 40.6. The highest BCUT2D eigenvalue weighted by atomic mass is 16.3. The average molecular weight is 411 g/mol. The molecule has 0 aliphatic heterocycles. The lowest BCUT2D eigenvalue weighted by molar-refractivity contribution is 0.0746. The average Bonchev–Trinajstić information content (AvgIpc) is 3.07. The Balaban J connectivity index is 1.54. The summed E-state index contributed by atoms with van der Waals surface area (Å²) in [6.07, 6.45) is 19.9. The Morgan fingerprint density at radius 2 is 1.90 bits per heavy atom. The lowest BCUT2D eigenvalue weighted by Gasteiger charge is -2.54. The Kier molecular flexibility index (Phi) is 6.42. The molecule has 1 unspecified atom stereocenters. The van der Waals surface area contributed by atoms with Gasteiger partial charge in [-0.1, -0.05) is 69.1 Å². The van der Waals surface area contributed by atoms with E-state index >= 15 is 0 Å². The summed E-state index contributed by atoms with van der Waals surface area (Å²) in [5, 5.41) is 9.39. The number of allylic oxidation sites excluding steroid dienone is 5. The Labute approximate surface area is 186 Å². The molecule has 0 bridgehead atoms. The van der Waals surface area contributed by atoms with Gasteiger partial charge >= 0.3 is 0 Å². The molecule has 7 atom stereocenters. The van der Waals surface area contributed by atoms with Crippen LogP contribution >= 0.6 is 0 Å². The molecule has 1 heteroatoms. The van der Waals surface area contributed by atoms with Crippen molar-refractivity contribution in [2.24, 2.45) is 40.4 Å². The van der Waals surface area contributed by atoms with Gasteiger partial charge in [0.25, 0.3) is 0 Å². The quantitative estimate of drug-likeness (QED) is 0.442. The first-order valence-corrected chi connectivity index (χ1v) is 13.0. The Bertz CT molecular complexity index is 714. The second-order valence-corrected chi connectivity index (χ2v) is 11.9. The molecule has 0 saturated heterocycles. The third kappa shape index (κ3) is 3.68. The van der Waals surface area contributed by atoms with Crippen LogP contribution in [-0.4, -0.2) is 11.7 Å². The van der Waals surface area contributed by atoms with E-state index in [2.05, 4.69) is 46.4 Å². The number of hydrogen-bond donors (Lipinski definition) is 1. The molecule has 4 aliphatic rings. The highest BCUT2D eigenvalue weighted by molar-refractivity contribution is 5.34. The molecule has 2 fully saturated rings. The van der Waals surface area contributed by atoms with Gasteiger partial charge in [-0.3, -0.25) is 0 Å². The molecule has 0 radical (unpaired) electrons. The van der Waals surface area contributed by atoms with Crippen molar-refractivity contribution in [3.63, 3.8) is 0 Å². The van der Waals surface area contributed by atoms with Crippen molar-refractivity contribution in [3.05, 3.63) is 35.5 Å². The zero-order valence-corrected chi connectivity index (χ0v) is 20.2. The van der Waals surface area contributed by atoms with Crippen LogP contribution in [-0.2, 0) is 0 Å². The van der Waals surface area contributed by atoms with Crippen LogP contribution in [0.15, 0.2) is 35.5 Å². The molecule has 4 aliphatic carbocycles. The minimum absolute atomic E-state index is 0.246. The number of aliphatic hydroxyl groups excluding tert-OH is 1. The SMILES string of the molecule is C=C(C)[C@H](C=C[C@@H](C)[C@H]1CC[C@H]2C3=C(CC[C@]12C)[C@@]1(C)CCCCC1CC3)CCO. The Morgan fingerprint density at radius 3 is 2.63 bits per heavy atom. The van der Waals surface area contributed by atoms with Crippen molar-refractivity contribution in [3.8, 4) is 0 Å². The van der Waals surface area contributed by atoms with Crippen molar-refractivity contribution in [1.29, 1.82) is 0 Å². The summed E-state index contributed by atoms with van der Waals surface area (Å²) in [7, 11) is 0. The predicted octanol–water partition coefficient (Wildman–Crippen LogP) is 7.87. The van der Waals surface area contributed by atoms with Crippen LogP contribution in [0.5, 0.6) is 0 Å². The van der Waals surface area contributed by atoms with Crippen LogP contribution in [0.3, 0.4) is 0 Å². The number of rotatable bonds is 6. The number of hydrogen-bond acceptors (Lipinski definition) is 1. The van der Waals surface area contributed by atoms with Crippen molar-refractivity contribution < 1.29 is 5.11 Å². The van der Waals surface area contributed by atoms with Gasteiger partial charge in [0, 0.05) is 6.61 Å². The summed E-state index contributed by atoms with van der Waals surface area (Å²) < 4.78 is 0. The van der Waals surface area contributed by atoms with Gasteiger partial charge in [-0.05, 0) is 105 Å². The Morgan fingerprint density at radius 1 is 1.10 bits per heavy atom. The standard InChI is InChI=1S/C29H46O/c1-20(2)22(16-19-30)10-9-21(3)25-13-14-26-24-12-11-23-8-6-7-17-28(23,4)27(24)15-18-29(25,26)5/h9-10,21-23,25-26,30H,1,6-8,11-19H2,2-5H3/t21-,22-,23?,25-,26+,28+,29-/m1/s1. The van der Waals surface area contributed by atoms with Crippen molar-refractivity contribution in [2.75, 3.05) is 6.61 Å². The van der Waals surface area contributed by atoms with Gasteiger partial charge in [0.2, 0.25) is 0 Å². The van der Waals surface area contributed by atoms with E-state index in [9.17, 15) is 5.11 Å². The maximum atomic E-state index is 9.39. The first-order valence-electron chi connectivity index (χ1n) is 13.0. The van der Waals surface area contributed by atoms with Crippen LogP contribution < -0.4 is 0 Å². The smallest absolute Gasteiger partial charge is 0.0439 e. The first kappa shape index (κ1) is 22.4. The van der Waals surface area contributed by atoms with Gasteiger partial charge in [0.05, 0.1) is 0 Å². The first-order chi connectivity index (χ1) is 14.3. The highest BCUT2D eigenvalue weighted by Crippen LogP contribution is 2.65. The summed E-state index contributed by atoms with van der Waals surface area (Å²) in [5.74, 6) is 3.55. The molecule has 0 aromatic heterocycles. The Hall–Kier alpha value is -0.820. The van der Waals surface area contributed by atoms with Crippen molar-refractivity contribution >= 4 is 0 Å². The molecule has 1 nitrogen and oxygen atoms in total. The molecule has 1 N–H and O–H groups in total. The molecule has 2 saturated carbocycles. The van der Waals surface area contributed by atoms with Crippen LogP contribution in [0.25, 0.3) is 0 Å². The van der Waals surface area contributed by atoms with Gasteiger partial charge < -0.3 is 5.11 Å². The third-order valence-electron chi connectivity index (χ3n) is 10.3. The molecule has 0 amide bonds. The fraction of sp³-hybridized carbons (Fsp3) is 0.793. The largest absolute Gasteiger partial charge is 0.396 e. The van der Waals surface area contributed by atoms with Crippen LogP contribution in [0, 0.1) is 40.4 Å². The summed E-state index contributed by atoms with van der Waals surface area (Å²) >= 11 is 0. The molecule has 168 valence electrons. The van der Waals surface area contributed by atoms with E-state index in [4.69, 9.17) is 0 Å². The van der Waals surface area contributed by atoms with Gasteiger partial charge in [-0.25, -0.2) is 0 Å². The van der Waals surface area contributed by atoms with Crippen LogP contribution in [0.4, 0.5) is 0 Å². The summed E-state index contributed by atoms with van der Waals surface area (Å²) in [6, 6.07) is 0. The predicted molar refractivity (Wildman–Crippen MR) is 128 cm³/mol. The molecule has 0 aromatic rings. The van der Waals surface area contributed by atoms with Crippen LogP contribution in [0.2, 0.25) is 0 Å². The lowest BCUT2D eigenvalue weighted by Crippen LogP contribution is -2.43. The highest BCUT2D eigenvalue weighted by Gasteiger charge is 2.55. The molecule has 0 heterocycles. The van der Waals surface area contributed by atoms with E-state index in [1.54, 1.807) is 0 Å². The van der Waals surface area contributed by atoms with Crippen molar-refractivity contribution in [2.45, 2.75) is 98.3 Å². The van der Waals surface area contributed by atoms with E-state index in [0.29, 0.717) is 22.7 Å².